The van der Waals surface area contributed by atoms with Crippen molar-refractivity contribution in [2.24, 2.45) is 0 Å². The summed E-state index contributed by atoms with van der Waals surface area (Å²) >= 11 is 3.49. The van der Waals surface area contributed by atoms with Crippen molar-refractivity contribution in [3.8, 4) is 0 Å². The van der Waals surface area contributed by atoms with Gasteiger partial charge in [-0.15, -0.1) is 0 Å². The summed E-state index contributed by atoms with van der Waals surface area (Å²) in [6.45, 7) is 9.31. The molecule has 2 aromatic carbocycles. The number of nitrogens with one attached hydrogen (secondary N) is 1. The molecule has 0 heterocycles. The van der Waals surface area contributed by atoms with E-state index in [1.165, 1.54) is 34.4 Å². The van der Waals surface area contributed by atoms with E-state index in [2.05, 4.69) is 61.1 Å². The number of halogens is 2. The van der Waals surface area contributed by atoms with Crippen molar-refractivity contribution in [3.63, 3.8) is 0 Å². The van der Waals surface area contributed by atoms with Crippen LogP contribution >= 0.6 is 15.9 Å². The van der Waals surface area contributed by atoms with Crippen LogP contribution in [-0.2, 0) is 0 Å². The molecule has 0 fully saturated rings. The smallest absolute Gasteiger partial charge is 0.124 e. The van der Waals surface area contributed by atoms with Crippen molar-refractivity contribution >= 4 is 15.9 Å². The van der Waals surface area contributed by atoms with Gasteiger partial charge in [-0.25, -0.2) is 4.39 Å². The molecule has 2 aromatic rings. The van der Waals surface area contributed by atoms with Crippen LogP contribution in [0.4, 0.5) is 4.39 Å². The van der Waals surface area contributed by atoms with E-state index in [9.17, 15) is 4.39 Å². The number of hydrogen-bond donors (Lipinski definition) is 1. The fourth-order valence-electron chi connectivity index (χ4n) is 2.62. The number of aryl methyl sites for hydroxylation is 3. The highest BCUT2D eigenvalue weighted by Crippen LogP contribution is 2.32. The first kappa shape index (κ1) is 16.2. The maximum Gasteiger partial charge on any atom is 0.124 e. The molecule has 21 heavy (non-hydrogen) atoms. The van der Waals surface area contributed by atoms with Crippen LogP contribution in [-0.4, -0.2) is 6.54 Å². The highest BCUT2D eigenvalue weighted by Gasteiger charge is 2.18. The minimum absolute atomic E-state index is 0.0595. The van der Waals surface area contributed by atoms with Crippen LogP contribution in [0, 0.1) is 26.6 Å². The third-order valence-corrected chi connectivity index (χ3v) is 4.56. The van der Waals surface area contributed by atoms with Crippen LogP contribution in [0.5, 0.6) is 0 Å². The normalized spacial score (nSPS) is 12.5. The van der Waals surface area contributed by atoms with E-state index in [-0.39, 0.29) is 11.9 Å². The van der Waals surface area contributed by atoms with Gasteiger partial charge in [0, 0.05) is 4.47 Å². The fourth-order valence-corrected chi connectivity index (χ4v) is 3.20. The van der Waals surface area contributed by atoms with E-state index in [0.29, 0.717) is 0 Å². The second-order valence-corrected chi connectivity index (χ2v) is 6.30. The van der Waals surface area contributed by atoms with Crippen molar-refractivity contribution in [3.05, 3.63) is 68.4 Å². The van der Waals surface area contributed by atoms with Crippen molar-refractivity contribution in [2.75, 3.05) is 6.54 Å². The van der Waals surface area contributed by atoms with Gasteiger partial charge < -0.3 is 5.32 Å². The van der Waals surface area contributed by atoms with Crippen LogP contribution in [0.3, 0.4) is 0 Å². The average molecular weight is 350 g/mol. The lowest BCUT2D eigenvalue weighted by Crippen LogP contribution is -2.23. The molecule has 1 atom stereocenters. The van der Waals surface area contributed by atoms with Gasteiger partial charge in [-0.3, -0.25) is 0 Å². The molecule has 0 aromatic heterocycles. The molecule has 0 spiro atoms. The molecule has 1 nitrogen and oxygen atoms in total. The number of hydrogen-bond acceptors (Lipinski definition) is 1. The summed E-state index contributed by atoms with van der Waals surface area (Å²) in [5, 5.41) is 3.51. The maximum absolute atomic E-state index is 13.3. The Balaban J connectivity index is 2.55. The minimum atomic E-state index is -0.224. The molecular weight excluding hydrogens is 329 g/mol. The second kappa shape index (κ2) is 6.71. The molecule has 0 saturated carbocycles. The molecule has 0 aliphatic rings. The van der Waals surface area contributed by atoms with Crippen LogP contribution in [0.25, 0.3) is 0 Å². The Morgan fingerprint density at radius 2 is 1.67 bits per heavy atom. The molecular formula is C18H21BrFN. The molecule has 3 heteroatoms. The zero-order valence-electron chi connectivity index (χ0n) is 12.9. The fraction of sp³-hybridized carbons (Fsp3) is 0.333. The van der Waals surface area contributed by atoms with Gasteiger partial charge in [0.2, 0.25) is 0 Å². The Morgan fingerprint density at radius 1 is 1.00 bits per heavy atom. The molecule has 0 aliphatic carbocycles. The predicted molar refractivity (Wildman–Crippen MR) is 90.3 cm³/mol. The first-order valence-electron chi connectivity index (χ1n) is 7.20. The summed E-state index contributed by atoms with van der Waals surface area (Å²) in [4.78, 5) is 0. The van der Waals surface area contributed by atoms with Crippen LogP contribution < -0.4 is 5.32 Å². The van der Waals surface area contributed by atoms with Gasteiger partial charge in [0.1, 0.15) is 5.82 Å². The Bertz CT molecular complexity index is 652. The predicted octanol–water partition coefficient (Wildman–Crippen LogP) is 5.21. The van der Waals surface area contributed by atoms with Gasteiger partial charge >= 0.3 is 0 Å². The Labute approximate surface area is 134 Å². The first-order chi connectivity index (χ1) is 9.93. The van der Waals surface area contributed by atoms with Gasteiger partial charge in [-0.05, 0) is 67.3 Å². The first-order valence-corrected chi connectivity index (χ1v) is 7.99. The minimum Gasteiger partial charge on any atom is -0.306 e. The molecule has 0 amide bonds. The zero-order chi connectivity index (χ0) is 15.6. The van der Waals surface area contributed by atoms with Gasteiger partial charge in [0.15, 0.2) is 0 Å². The van der Waals surface area contributed by atoms with Gasteiger partial charge in [0.25, 0.3) is 0 Å². The van der Waals surface area contributed by atoms with E-state index in [1.54, 1.807) is 0 Å². The van der Waals surface area contributed by atoms with Crippen LogP contribution in [0.2, 0.25) is 0 Å². The summed E-state index contributed by atoms with van der Waals surface area (Å²) < 4.78 is 14.1. The standard InChI is InChI=1S/C18H21BrFN/c1-5-21-18(15-7-6-14(20)10-17(15)19)16-9-12(3)11(2)8-13(16)4/h6-10,18,21H,5H2,1-4H3. The van der Waals surface area contributed by atoms with Crippen molar-refractivity contribution < 1.29 is 4.39 Å². The molecule has 0 bridgehead atoms. The summed E-state index contributed by atoms with van der Waals surface area (Å²) in [6, 6.07) is 9.39. The molecule has 1 N–H and O–H groups in total. The molecule has 112 valence electrons. The number of benzene rings is 2. The lowest BCUT2D eigenvalue weighted by Gasteiger charge is -2.23. The lowest BCUT2D eigenvalue weighted by atomic mass is 9.91. The van der Waals surface area contributed by atoms with Crippen molar-refractivity contribution in [1.82, 2.24) is 5.32 Å². The van der Waals surface area contributed by atoms with E-state index in [4.69, 9.17) is 0 Å². The topological polar surface area (TPSA) is 12.0 Å². The molecule has 2 rings (SSSR count). The average Bonchev–Trinajstić information content (AvgIpc) is 2.41. The second-order valence-electron chi connectivity index (χ2n) is 5.45. The molecule has 0 radical (unpaired) electrons. The van der Waals surface area contributed by atoms with E-state index in [0.717, 1.165) is 16.6 Å². The Morgan fingerprint density at radius 3 is 2.29 bits per heavy atom. The van der Waals surface area contributed by atoms with Crippen molar-refractivity contribution in [1.29, 1.82) is 0 Å². The van der Waals surface area contributed by atoms with Gasteiger partial charge in [0.05, 0.1) is 6.04 Å². The van der Waals surface area contributed by atoms with Crippen molar-refractivity contribution in [2.45, 2.75) is 33.7 Å². The lowest BCUT2D eigenvalue weighted by molar-refractivity contribution is 0.609. The van der Waals surface area contributed by atoms with Gasteiger partial charge in [-0.1, -0.05) is 41.1 Å². The van der Waals surface area contributed by atoms with E-state index >= 15 is 0 Å². The summed E-state index contributed by atoms with van der Waals surface area (Å²) in [5.74, 6) is -0.224. The van der Waals surface area contributed by atoms with Crippen LogP contribution in [0.1, 0.15) is 40.8 Å². The Kier molecular flexibility index (Phi) is 5.17. The van der Waals surface area contributed by atoms with Gasteiger partial charge in [-0.2, -0.15) is 0 Å². The number of rotatable bonds is 4. The third-order valence-electron chi connectivity index (χ3n) is 3.88. The summed E-state index contributed by atoms with van der Waals surface area (Å²) in [5.41, 5.74) is 6.12. The van der Waals surface area contributed by atoms with E-state index in [1.807, 2.05) is 6.07 Å². The zero-order valence-corrected chi connectivity index (χ0v) is 14.5. The highest BCUT2D eigenvalue weighted by molar-refractivity contribution is 9.10. The highest BCUT2D eigenvalue weighted by atomic mass is 79.9. The third kappa shape index (κ3) is 3.53. The maximum atomic E-state index is 13.3. The SMILES string of the molecule is CCNC(c1cc(C)c(C)cc1C)c1ccc(F)cc1Br. The molecule has 1 unspecified atom stereocenters. The summed E-state index contributed by atoms with van der Waals surface area (Å²) in [7, 11) is 0. The van der Waals surface area contributed by atoms with Crippen LogP contribution in [0.15, 0.2) is 34.8 Å². The molecule has 0 saturated heterocycles. The molecule has 0 aliphatic heterocycles. The largest absolute Gasteiger partial charge is 0.306 e. The quantitative estimate of drug-likeness (QED) is 0.798. The Hall–Kier alpha value is -1.19. The monoisotopic (exact) mass is 349 g/mol. The summed E-state index contributed by atoms with van der Waals surface area (Å²) in [6.07, 6.45) is 0. The van der Waals surface area contributed by atoms with E-state index < -0.39 is 0 Å².